The molecule has 148 valence electrons. The number of carbonyl (C=O) groups excluding carboxylic acids is 1. The number of phenols is 1. The second-order valence-corrected chi connectivity index (χ2v) is 7.49. The van der Waals surface area contributed by atoms with Gasteiger partial charge in [0.15, 0.2) is 0 Å². The summed E-state index contributed by atoms with van der Waals surface area (Å²) in [5.74, 6) is -1.75. The minimum Gasteiger partial charge on any atom is -0.508 e. The lowest BCUT2D eigenvalue weighted by molar-refractivity contribution is -0.0281. The minimum absolute atomic E-state index is 0.0810. The summed E-state index contributed by atoms with van der Waals surface area (Å²) >= 11 is 0. The predicted octanol–water partition coefficient (Wildman–Crippen LogP) is 2.25. The van der Waals surface area contributed by atoms with Crippen LogP contribution >= 0.6 is 0 Å². The van der Waals surface area contributed by atoms with Crippen LogP contribution in [-0.4, -0.2) is 65.4 Å². The number of aromatic hydroxyl groups is 1. The first-order valence-electron chi connectivity index (χ1n) is 9.69. The van der Waals surface area contributed by atoms with Gasteiger partial charge in [-0.2, -0.15) is 0 Å². The number of hydrogen-bond donors (Lipinski definition) is 3. The van der Waals surface area contributed by atoms with Crippen molar-refractivity contribution in [2.24, 2.45) is 0 Å². The number of amides is 1. The number of ether oxygens (including phenoxy) is 1. The van der Waals surface area contributed by atoms with Gasteiger partial charge in [0.05, 0.1) is 18.8 Å². The Morgan fingerprint density at radius 2 is 1.67 bits per heavy atom. The molecular formula is C20H28N2O5. The quantitative estimate of drug-likeness (QED) is 0.682. The second-order valence-electron chi connectivity index (χ2n) is 7.49. The summed E-state index contributed by atoms with van der Waals surface area (Å²) in [6, 6.07) is 3.74. The zero-order valence-electron chi connectivity index (χ0n) is 15.6. The smallest absolute Gasteiger partial charge is 0.335 e. The molecular weight excluding hydrogens is 348 g/mol. The molecule has 0 atom stereocenters. The summed E-state index contributed by atoms with van der Waals surface area (Å²) < 4.78 is 5.50. The highest BCUT2D eigenvalue weighted by Gasteiger charge is 2.38. The summed E-state index contributed by atoms with van der Waals surface area (Å²) in [7, 11) is 0. The Bertz CT molecular complexity index is 677. The van der Waals surface area contributed by atoms with Gasteiger partial charge >= 0.3 is 5.97 Å². The molecule has 1 saturated carbocycles. The van der Waals surface area contributed by atoms with E-state index in [1.807, 2.05) is 0 Å². The number of aromatic carboxylic acids is 1. The van der Waals surface area contributed by atoms with Gasteiger partial charge in [0.1, 0.15) is 5.75 Å². The zero-order chi connectivity index (χ0) is 19.3. The average molecular weight is 376 g/mol. The highest BCUT2D eigenvalue weighted by Crippen LogP contribution is 2.33. The van der Waals surface area contributed by atoms with Crippen molar-refractivity contribution in [3.05, 3.63) is 29.3 Å². The van der Waals surface area contributed by atoms with Crippen molar-refractivity contribution in [3.63, 3.8) is 0 Å². The van der Waals surface area contributed by atoms with Crippen LogP contribution in [0.2, 0.25) is 0 Å². The largest absolute Gasteiger partial charge is 0.508 e. The molecule has 3 N–H and O–H groups in total. The molecule has 0 bridgehead atoms. The van der Waals surface area contributed by atoms with Crippen molar-refractivity contribution >= 4 is 11.9 Å². The molecule has 1 amide bonds. The maximum atomic E-state index is 12.7. The van der Waals surface area contributed by atoms with Gasteiger partial charge in [0.25, 0.3) is 5.91 Å². The highest BCUT2D eigenvalue weighted by molar-refractivity contribution is 5.98. The molecule has 0 spiro atoms. The Hall–Kier alpha value is -2.12. The van der Waals surface area contributed by atoms with E-state index in [1.54, 1.807) is 0 Å². The number of carbonyl (C=O) groups is 2. The number of rotatable bonds is 5. The summed E-state index contributed by atoms with van der Waals surface area (Å²) in [5, 5.41) is 21.9. The van der Waals surface area contributed by atoms with Crippen molar-refractivity contribution in [2.45, 2.75) is 44.1 Å². The van der Waals surface area contributed by atoms with Crippen LogP contribution in [-0.2, 0) is 4.74 Å². The highest BCUT2D eigenvalue weighted by atomic mass is 16.5. The third kappa shape index (κ3) is 4.78. The Labute approximate surface area is 159 Å². The lowest BCUT2D eigenvalue weighted by Gasteiger charge is -2.45. The lowest BCUT2D eigenvalue weighted by atomic mass is 9.87. The van der Waals surface area contributed by atoms with Crippen molar-refractivity contribution < 1.29 is 24.5 Å². The van der Waals surface area contributed by atoms with E-state index >= 15 is 0 Å². The van der Waals surface area contributed by atoms with E-state index in [2.05, 4.69) is 10.2 Å². The van der Waals surface area contributed by atoms with E-state index in [1.165, 1.54) is 25.0 Å². The van der Waals surface area contributed by atoms with Crippen LogP contribution in [0.4, 0.5) is 0 Å². The van der Waals surface area contributed by atoms with E-state index in [0.29, 0.717) is 19.8 Å². The number of nitrogens with one attached hydrogen (secondary N) is 1. The Balaban J connectivity index is 1.74. The van der Waals surface area contributed by atoms with E-state index in [9.17, 15) is 14.7 Å². The number of carboxylic acid groups (broad SMARTS) is 1. The van der Waals surface area contributed by atoms with Gasteiger partial charge in [-0.05, 0) is 31.0 Å². The standard InChI is InChI=1S/C20H28N2O5/c23-17-12-15(11-16(13-17)19(25)26)18(24)21-14-20(5-3-1-2-4-6-20)22-7-9-27-10-8-22/h11-13,23H,1-10,14H2,(H,21,24)(H,25,26). The summed E-state index contributed by atoms with van der Waals surface area (Å²) in [5.41, 5.74) is -0.0155. The van der Waals surface area contributed by atoms with Gasteiger partial charge in [-0.25, -0.2) is 4.79 Å². The van der Waals surface area contributed by atoms with Crippen molar-refractivity contribution in [1.82, 2.24) is 10.2 Å². The Kier molecular flexibility index (Phi) is 6.34. The summed E-state index contributed by atoms with van der Waals surface area (Å²) in [6.07, 6.45) is 6.79. The summed E-state index contributed by atoms with van der Waals surface area (Å²) in [6.45, 7) is 3.68. The van der Waals surface area contributed by atoms with E-state index in [-0.39, 0.29) is 28.3 Å². The normalized spacial score (nSPS) is 20.6. The van der Waals surface area contributed by atoms with E-state index < -0.39 is 5.97 Å². The van der Waals surface area contributed by atoms with Crippen LogP contribution < -0.4 is 5.32 Å². The molecule has 1 aliphatic heterocycles. The number of morpholine rings is 1. The predicted molar refractivity (Wildman–Crippen MR) is 100 cm³/mol. The van der Waals surface area contributed by atoms with Crippen LogP contribution in [0.5, 0.6) is 5.75 Å². The Morgan fingerprint density at radius 3 is 2.30 bits per heavy atom. The summed E-state index contributed by atoms with van der Waals surface area (Å²) in [4.78, 5) is 26.3. The first-order valence-corrected chi connectivity index (χ1v) is 9.69. The number of nitrogens with zero attached hydrogens (tertiary/aromatic N) is 1. The Morgan fingerprint density at radius 1 is 1.04 bits per heavy atom. The van der Waals surface area contributed by atoms with E-state index in [4.69, 9.17) is 9.84 Å². The lowest BCUT2D eigenvalue weighted by Crippen LogP contribution is -2.58. The molecule has 7 heteroatoms. The van der Waals surface area contributed by atoms with Crippen molar-refractivity contribution in [3.8, 4) is 5.75 Å². The van der Waals surface area contributed by atoms with Crippen LogP contribution in [0.3, 0.4) is 0 Å². The molecule has 2 fully saturated rings. The number of benzene rings is 1. The van der Waals surface area contributed by atoms with Gasteiger partial charge in [-0.15, -0.1) is 0 Å². The molecule has 0 aromatic heterocycles. The van der Waals surface area contributed by atoms with Crippen LogP contribution in [0, 0.1) is 0 Å². The third-order valence-corrected chi connectivity index (χ3v) is 5.72. The van der Waals surface area contributed by atoms with Crippen LogP contribution in [0.15, 0.2) is 18.2 Å². The molecule has 2 aliphatic rings. The molecule has 1 aromatic carbocycles. The van der Waals surface area contributed by atoms with Gasteiger partial charge in [-0.1, -0.05) is 25.7 Å². The molecule has 1 saturated heterocycles. The molecule has 0 unspecified atom stereocenters. The molecule has 7 nitrogen and oxygen atoms in total. The van der Waals surface area contributed by atoms with Gasteiger partial charge in [0, 0.05) is 30.7 Å². The maximum Gasteiger partial charge on any atom is 0.335 e. The van der Waals surface area contributed by atoms with Gasteiger partial charge < -0.3 is 20.3 Å². The fourth-order valence-electron chi connectivity index (χ4n) is 4.24. The molecule has 1 aromatic rings. The molecule has 1 heterocycles. The molecule has 3 rings (SSSR count). The zero-order valence-corrected chi connectivity index (χ0v) is 15.6. The molecule has 27 heavy (non-hydrogen) atoms. The monoisotopic (exact) mass is 376 g/mol. The first kappa shape index (κ1) is 19.6. The fraction of sp³-hybridized carbons (Fsp3) is 0.600. The topological polar surface area (TPSA) is 99.1 Å². The fourth-order valence-corrected chi connectivity index (χ4v) is 4.24. The SMILES string of the molecule is O=C(O)c1cc(O)cc(C(=O)NCC2(N3CCOCC3)CCCCCC2)c1. The minimum atomic E-state index is -1.17. The van der Waals surface area contributed by atoms with Crippen LogP contribution in [0.1, 0.15) is 59.2 Å². The average Bonchev–Trinajstić information content (AvgIpc) is 2.93. The number of phenolic OH excluding ortho intramolecular Hbond substituents is 1. The van der Waals surface area contributed by atoms with Crippen molar-refractivity contribution in [2.75, 3.05) is 32.8 Å². The van der Waals surface area contributed by atoms with Crippen molar-refractivity contribution in [1.29, 1.82) is 0 Å². The van der Waals surface area contributed by atoms with Crippen LogP contribution in [0.25, 0.3) is 0 Å². The molecule has 1 aliphatic carbocycles. The van der Waals surface area contributed by atoms with E-state index in [0.717, 1.165) is 44.8 Å². The number of carboxylic acids is 1. The first-order chi connectivity index (χ1) is 13.0. The maximum absolute atomic E-state index is 12.7. The van der Waals surface area contributed by atoms with Gasteiger partial charge in [-0.3, -0.25) is 9.69 Å². The number of hydrogen-bond acceptors (Lipinski definition) is 5. The second kappa shape index (κ2) is 8.71. The third-order valence-electron chi connectivity index (χ3n) is 5.72. The van der Waals surface area contributed by atoms with Gasteiger partial charge in [0.2, 0.25) is 0 Å². The molecule has 0 radical (unpaired) electrons.